The first-order chi connectivity index (χ1) is 10.8. The third kappa shape index (κ3) is 11.8. The van der Waals surface area contributed by atoms with Crippen molar-refractivity contribution >= 4 is 20.0 Å². The number of nitrogens with zero attached hydrogens (tertiary/aromatic N) is 2. The van der Waals surface area contributed by atoms with Gasteiger partial charge in [-0.3, -0.25) is 0 Å². The average Bonchev–Trinajstić information content (AvgIpc) is 2.71. The molecular weight excluding hydrogens is 406 g/mol. The quantitative estimate of drug-likeness (QED) is 0.627. The van der Waals surface area contributed by atoms with Crippen LogP contribution in [0.2, 0.25) is 0 Å². The van der Waals surface area contributed by atoms with Gasteiger partial charge in [-0.15, -0.1) is 0 Å². The summed E-state index contributed by atoms with van der Waals surface area (Å²) in [6.07, 6.45) is 5.48. The molecule has 8 nitrogen and oxygen atoms in total. The van der Waals surface area contributed by atoms with Gasteiger partial charge in [-0.25, -0.2) is 27.1 Å². The van der Waals surface area contributed by atoms with E-state index in [1.807, 2.05) is 0 Å². The molecule has 0 fully saturated rings. The van der Waals surface area contributed by atoms with Crippen LogP contribution < -0.4 is 10.3 Å². The van der Waals surface area contributed by atoms with Gasteiger partial charge in [0.2, 0.25) is 0 Å². The summed E-state index contributed by atoms with van der Waals surface area (Å²) in [4.78, 5) is 4.48. The van der Waals surface area contributed by atoms with Crippen LogP contribution >= 0.6 is 0 Å². The highest BCUT2D eigenvalue weighted by atomic mass is 32.2. The van der Waals surface area contributed by atoms with E-state index in [1.165, 1.54) is 13.0 Å². The van der Waals surface area contributed by atoms with Crippen LogP contribution in [0.3, 0.4) is 0 Å². The van der Waals surface area contributed by atoms with Crippen LogP contribution in [0.15, 0.2) is 12.4 Å². The smallest absolute Gasteiger partial charge is 0.362 e. The monoisotopic (exact) mass is 424 g/mol. The highest BCUT2D eigenvalue weighted by Gasteiger charge is 2.43. The number of hydrogen-bond acceptors (Lipinski definition) is 6. The third-order valence-electron chi connectivity index (χ3n) is 2.09. The van der Waals surface area contributed by atoms with Gasteiger partial charge in [-0.05, 0) is 6.42 Å². The SMILES string of the molecule is CCCN1C=CN(C)C1.NS(=O)(=O)C(F)(F)F.NS(=O)(=O)C(F)(F)F. The summed E-state index contributed by atoms with van der Waals surface area (Å²) in [5, 5.41) is 7.32. The Morgan fingerprint density at radius 2 is 1.24 bits per heavy atom. The van der Waals surface area contributed by atoms with Crippen LogP contribution in [0.5, 0.6) is 0 Å². The number of nitrogens with two attached hydrogens (primary N) is 2. The average molecular weight is 424 g/mol. The minimum atomic E-state index is -5.34. The Balaban J connectivity index is 0. The molecule has 1 rings (SSSR count). The van der Waals surface area contributed by atoms with Crippen LogP contribution in [0.25, 0.3) is 0 Å². The maximum Gasteiger partial charge on any atom is 0.511 e. The van der Waals surface area contributed by atoms with Gasteiger partial charge >= 0.3 is 31.1 Å². The Kier molecular flexibility index (Phi) is 9.81. The van der Waals surface area contributed by atoms with Gasteiger partial charge in [0.25, 0.3) is 0 Å². The lowest BCUT2D eigenvalue weighted by molar-refractivity contribution is -0.0441. The Labute approximate surface area is 141 Å². The topological polar surface area (TPSA) is 127 Å². The minimum Gasteiger partial charge on any atom is -0.362 e. The molecule has 16 heteroatoms. The highest BCUT2D eigenvalue weighted by Crippen LogP contribution is 2.19. The van der Waals surface area contributed by atoms with Crippen molar-refractivity contribution in [1.29, 1.82) is 0 Å². The maximum atomic E-state index is 10.8. The number of alkyl halides is 6. The molecule has 0 atom stereocenters. The molecule has 152 valence electrons. The van der Waals surface area contributed by atoms with Gasteiger partial charge in [-0.1, -0.05) is 6.92 Å². The fourth-order valence-corrected chi connectivity index (χ4v) is 1.02. The lowest BCUT2D eigenvalue weighted by Gasteiger charge is -2.16. The van der Waals surface area contributed by atoms with Crippen molar-refractivity contribution in [3.05, 3.63) is 12.4 Å². The molecule has 0 amide bonds. The minimum absolute atomic E-state index is 1.06. The number of rotatable bonds is 2. The van der Waals surface area contributed by atoms with E-state index in [1.54, 1.807) is 0 Å². The van der Waals surface area contributed by atoms with Crippen molar-refractivity contribution in [3.8, 4) is 0 Å². The van der Waals surface area contributed by atoms with Crippen LogP contribution in [0.1, 0.15) is 13.3 Å². The van der Waals surface area contributed by atoms with Crippen LogP contribution in [-0.4, -0.2) is 57.9 Å². The fourth-order valence-electron chi connectivity index (χ4n) is 1.02. The molecule has 1 aliphatic heterocycles. The lowest BCUT2D eigenvalue weighted by atomic mass is 10.4. The molecule has 0 saturated heterocycles. The van der Waals surface area contributed by atoms with Gasteiger partial charge in [-0.2, -0.15) is 26.3 Å². The zero-order valence-electron chi connectivity index (χ0n) is 13.0. The van der Waals surface area contributed by atoms with E-state index in [4.69, 9.17) is 0 Å². The Morgan fingerprint density at radius 1 is 0.920 bits per heavy atom. The first kappa shape index (κ1) is 26.0. The summed E-state index contributed by atoms with van der Waals surface area (Å²) < 4.78 is 102. The first-order valence-corrected chi connectivity index (χ1v) is 9.23. The zero-order valence-corrected chi connectivity index (χ0v) is 14.7. The summed E-state index contributed by atoms with van der Waals surface area (Å²) in [5.74, 6) is 0. The first-order valence-electron chi connectivity index (χ1n) is 6.13. The van der Waals surface area contributed by atoms with Crippen LogP contribution in [0.4, 0.5) is 26.3 Å². The third-order valence-corrected chi connectivity index (χ3v) is 3.38. The van der Waals surface area contributed by atoms with Crippen molar-refractivity contribution < 1.29 is 43.2 Å². The fraction of sp³-hybridized carbons (Fsp3) is 0.778. The summed E-state index contributed by atoms with van der Waals surface area (Å²) in [6, 6.07) is 0. The van der Waals surface area contributed by atoms with Crippen LogP contribution in [0, 0.1) is 0 Å². The van der Waals surface area contributed by atoms with E-state index >= 15 is 0 Å². The maximum absolute atomic E-state index is 10.8. The number of primary sulfonamides is 2. The second-order valence-electron chi connectivity index (χ2n) is 4.49. The van der Waals surface area contributed by atoms with Crippen molar-refractivity contribution in [2.75, 3.05) is 20.3 Å². The van der Waals surface area contributed by atoms with Crippen molar-refractivity contribution in [1.82, 2.24) is 9.80 Å². The zero-order chi connectivity index (χ0) is 20.7. The Hall–Kier alpha value is -1.26. The predicted octanol–water partition coefficient (Wildman–Crippen LogP) is 0.662. The molecule has 1 aliphatic rings. The molecular formula is C9H18F6N4O4S2. The van der Waals surface area contributed by atoms with Gasteiger partial charge in [0.05, 0.1) is 6.67 Å². The second kappa shape index (κ2) is 9.44. The lowest BCUT2D eigenvalue weighted by Crippen LogP contribution is -2.30. The summed E-state index contributed by atoms with van der Waals surface area (Å²) in [7, 11) is -8.59. The van der Waals surface area contributed by atoms with Crippen molar-refractivity contribution in [2.45, 2.75) is 24.4 Å². The van der Waals surface area contributed by atoms with E-state index in [0.29, 0.717) is 0 Å². The molecule has 0 aromatic carbocycles. The van der Waals surface area contributed by atoms with Gasteiger partial charge < -0.3 is 9.80 Å². The van der Waals surface area contributed by atoms with Gasteiger partial charge in [0.15, 0.2) is 0 Å². The van der Waals surface area contributed by atoms with E-state index in [0.717, 1.165) is 6.67 Å². The van der Waals surface area contributed by atoms with Gasteiger partial charge in [0.1, 0.15) is 0 Å². The molecule has 0 aromatic rings. The van der Waals surface area contributed by atoms with E-state index < -0.39 is 31.1 Å². The van der Waals surface area contributed by atoms with E-state index in [-0.39, 0.29) is 0 Å². The van der Waals surface area contributed by atoms with E-state index in [2.05, 4.69) is 46.4 Å². The molecule has 0 aromatic heterocycles. The molecule has 0 bridgehead atoms. The summed E-state index contributed by atoms with van der Waals surface area (Å²) in [5.41, 5.74) is -10.6. The second-order valence-corrected chi connectivity index (χ2v) is 7.60. The molecule has 1 heterocycles. The number of sulfonamides is 2. The van der Waals surface area contributed by atoms with Crippen molar-refractivity contribution in [2.24, 2.45) is 10.3 Å². The van der Waals surface area contributed by atoms with Crippen molar-refractivity contribution in [3.63, 3.8) is 0 Å². The molecule has 0 saturated carbocycles. The van der Waals surface area contributed by atoms with Gasteiger partial charge in [0, 0.05) is 26.0 Å². The van der Waals surface area contributed by atoms with Crippen LogP contribution in [-0.2, 0) is 20.0 Å². The number of hydrogen-bond donors (Lipinski definition) is 2. The van der Waals surface area contributed by atoms with E-state index in [9.17, 15) is 43.2 Å². The molecule has 0 spiro atoms. The Bertz CT molecular complexity index is 587. The summed E-state index contributed by atoms with van der Waals surface area (Å²) in [6.45, 7) is 4.45. The number of halogens is 6. The molecule has 0 aliphatic carbocycles. The molecule has 4 N–H and O–H groups in total. The molecule has 0 radical (unpaired) electrons. The molecule has 0 unspecified atom stereocenters. The largest absolute Gasteiger partial charge is 0.511 e. The highest BCUT2D eigenvalue weighted by molar-refractivity contribution is 7.90. The predicted molar refractivity (Wildman–Crippen MR) is 77.1 cm³/mol. The Morgan fingerprint density at radius 3 is 1.40 bits per heavy atom. The molecule has 25 heavy (non-hydrogen) atoms. The standard InChI is InChI=1S/C7H14N2.2CH2F3NO2S/c1-3-4-9-6-5-8(2)7-9;2*2-1(3,4)8(5,6)7/h5-6H,3-4,7H2,1-2H3;2*(H2,5,6,7). The summed E-state index contributed by atoms with van der Waals surface area (Å²) >= 11 is 0. The normalized spacial score (nSPS) is 15.3.